The van der Waals surface area contributed by atoms with E-state index in [4.69, 9.17) is 9.26 Å². The van der Waals surface area contributed by atoms with Crippen molar-refractivity contribution in [2.75, 3.05) is 0 Å². The molecule has 3 rings (SSSR count). The minimum atomic E-state index is 0.109. The second kappa shape index (κ2) is 5.12. The van der Waals surface area contributed by atoms with E-state index in [0.717, 1.165) is 11.3 Å². The highest BCUT2D eigenvalue weighted by Gasteiger charge is 2.13. The standard InChI is InChI=1S/C13H13N5O2/c1-8(2)19-10-5-3-4-9(6-10)13-16-12(18-20-13)11-14-7-15-17-11/h3-8H,1-2H3,(H,14,15,17). The quantitative estimate of drug-likeness (QED) is 0.783. The van der Waals surface area contributed by atoms with Crippen LogP contribution in [0.3, 0.4) is 0 Å². The molecule has 0 spiro atoms. The van der Waals surface area contributed by atoms with Crippen molar-refractivity contribution >= 4 is 0 Å². The summed E-state index contributed by atoms with van der Waals surface area (Å²) in [4.78, 5) is 8.25. The van der Waals surface area contributed by atoms with Crippen LogP contribution in [0.15, 0.2) is 35.1 Å². The van der Waals surface area contributed by atoms with E-state index < -0.39 is 0 Å². The fourth-order valence-electron chi connectivity index (χ4n) is 1.72. The summed E-state index contributed by atoms with van der Waals surface area (Å²) in [6, 6.07) is 7.51. The van der Waals surface area contributed by atoms with Crippen LogP contribution in [0.4, 0.5) is 0 Å². The Morgan fingerprint density at radius 2 is 2.20 bits per heavy atom. The number of hydrogen-bond acceptors (Lipinski definition) is 6. The third-order valence-corrected chi connectivity index (χ3v) is 2.51. The van der Waals surface area contributed by atoms with Gasteiger partial charge in [0, 0.05) is 5.56 Å². The summed E-state index contributed by atoms with van der Waals surface area (Å²) < 4.78 is 10.9. The smallest absolute Gasteiger partial charge is 0.258 e. The highest BCUT2D eigenvalue weighted by molar-refractivity contribution is 5.57. The highest BCUT2D eigenvalue weighted by atomic mass is 16.5. The molecule has 0 bridgehead atoms. The van der Waals surface area contributed by atoms with Crippen molar-refractivity contribution in [3.63, 3.8) is 0 Å². The van der Waals surface area contributed by atoms with Crippen LogP contribution < -0.4 is 4.74 Å². The van der Waals surface area contributed by atoms with Crippen LogP contribution in [0.1, 0.15) is 13.8 Å². The van der Waals surface area contributed by atoms with Crippen LogP contribution in [-0.2, 0) is 0 Å². The molecule has 0 amide bonds. The number of benzene rings is 1. The first-order valence-corrected chi connectivity index (χ1v) is 6.19. The molecule has 0 aliphatic rings. The Kier molecular flexibility index (Phi) is 3.16. The van der Waals surface area contributed by atoms with Crippen LogP contribution in [0.5, 0.6) is 5.75 Å². The molecular formula is C13H13N5O2. The van der Waals surface area contributed by atoms with Crippen LogP contribution in [0.2, 0.25) is 0 Å². The molecule has 0 fully saturated rings. The maximum atomic E-state index is 5.64. The van der Waals surface area contributed by atoms with E-state index >= 15 is 0 Å². The molecule has 0 saturated heterocycles. The Morgan fingerprint density at radius 3 is 2.95 bits per heavy atom. The van der Waals surface area contributed by atoms with Gasteiger partial charge in [-0.2, -0.15) is 10.1 Å². The van der Waals surface area contributed by atoms with Crippen molar-refractivity contribution in [3.8, 4) is 28.9 Å². The number of H-pyrrole nitrogens is 1. The lowest BCUT2D eigenvalue weighted by atomic mass is 10.2. The summed E-state index contributed by atoms with van der Waals surface area (Å²) in [6.07, 6.45) is 1.50. The van der Waals surface area contributed by atoms with Gasteiger partial charge in [-0.3, -0.25) is 5.10 Å². The molecule has 0 aliphatic heterocycles. The van der Waals surface area contributed by atoms with Crippen LogP contribution in [0, 0.1) is 0 Å². The predicted octanol–water partition coefficient (Wildman–Crippen LogP) is 2.31. The molecular weight excluding hydrogens is 258 g/mol. The maximum Gasteiger partial charge on any atom is 0.258 e. The van der Waals surface area contributed by atoms with Gasteiger partial charge in [0.25, 0.3) is 5.89 Å². The second-order valence-electron chi connectivity index (χ2n) is 4.45. The first-order chi connectivity index (χ1) is 9.72. The highest BCUT2D eigenvalue weighted by Crippen LogP contribution is 2.24. The lowest BCUT2D eigenvalue weighted by Gasteiger charge is -2.09. The SMILES string of the molecule is CC(C)Oc1cccc(-c2nc(-c3ncn[nH]3)no2)c1. The molecule has 1 aromatic carbocycles. The van der Waals surface area contributed by atoms with E-state index in [1.165, 1.54) is 6.33 Å². The Balaban J connectivity index is 1.89. The van der Waals surface area contributed by atoms with Crippen molar-refractivity contribution in [2.45, 2.75) is 20.0 Å². The molecule has 2 aromatic heterocycles. The summed E-state index contributed by atoms with van der Waals surface area (Å²) in [5.74, 6) is 2.00. The summed E-state index contributed by atoms with van der Waals surface area (Å²) in [5.41, 5.74) is 0.793. The van der Waals surface area contributed by atoms with E-state index in [0.29, 0.717) is 17.5 Å². The Morgan fingerprint density at radius 1 is 1.30 bits per heavy atom. The first-order valence-electron chi connectivity index (χ1n) is 6.19. The lowest BCUT2D eigenvalue weighted by Crippen LogP contribution is -2.05. The average molecular weight is 271 g/mol. The number of hydrogen-bond donors (Lipinski definition) is 1. The summed E-state index contributed by atoms with van der Waals surface area (Å²) in [7, 11) is 0. The Hall–Kier alpha value is -2.70. The lowest BCUT2D eigenvalue weighted by molar-refractivity contribution is 0.242. The van der Waals surface area contributed by atoms with Crippen molar-refractivity contribution in [2.24, 2.45) is 0 Å². The van der Waals surface area contributed by atoms with Crippen molar-refractivity contribution in [1.29, 1.82) is 0 Å². The van der Waals surface area contributed by atoms with Crippen molar-refractivity contribution < 1.29 is 9.26 Å². The largest absolute Gasteiger partial charge is 0.491 e. The molecule has 0 saturated carbocycles. The number of rotatable bonds is 4. The molecule has 1 N–H and O–H groups in total. The monoisotopic (exact) mass is 271 g/mol. The van der Waals surface area contributed by atoms with E-state index in [1.807, 2.05) is 38.1 Å². The van der Waals surface area contributed by atoms with Gasteiger partial charge in [0.1, 0.15) is 12.1 Å². The minimum absolute atomic E-state index is 0.109. The van der Waals surface area contributed by atoms with E-state index in [2.05, 4.69) is 25.3 Å². The van der Waals surface area contributed by atoms with Gasteiger partial charge in [0.2, 0.25) is 5.82 Å². The molecule has 0 aliphatic carbocycles. The van der Waals surface area contributed by atoms with Gasteiger partial charge in [0.05, 0.1) is 6.10 Å². The van der Waals surface area contributed by atoms with E-state index in [-0.39, 0.29) is 6.10 Å². The van der Waals surface area contributed by atoms with Crippen LogP contribution in [0.25, 0.3) is 23.1 Å². The van der Waals surface area contributed by atoms with Crippen LogP contribution in [-0.4, -0.2) is 31.4 Å². The van der Waals surface area contributed by atoms with Crippen LogP contribution >= 0.6 is 0 Å². The number of aromatic amines is 1. The molecule has 3 aromatic rings. The predicted molar refractivity (Wildman–Crippen MR) is 70.9 cm³/mol. The van der Waals surface area contributed by atoms with Gasteiger partial charge in [0.15, 0.2) is 5.82 Å². The molecule has 0 unspecified atom stereocenters. The third kappa shape index (κ3) is 2.51. The van der Waals surface area contributed by atoms with Crippen molar-refractivity contribution in [1.82, 2.24) is 25.3 Å². The van der Waals surface area contributed by atoms with Gasteiger partial charge >= 0.3 is 0 Å². The fourth-order valence-corrected chi connectivity index (χ4v) is 1.72. The number of aromatic nitrogens is 5. The average Bonchev–Trinajstić information content (AvgIpc) is 3.09. The zero-order valence-electron chi connectivity index (χ0n) is 11.1. The Labute approximate surface area is 115 Å². The minimum Gasteiger partial charge on any atom is -0.491 e. The van der Waals surface area contributed by atoms with Gasteiger partial charge in [-0.05, 0) is 32.0 Å². The number of nitrogens with zero attached hydrogens (tertiary/aromatic N) is 4. The summed E-state index contributed by atoms with van der Waals surface area (Å²) in [6.45, 7) is 3.95. The van der Waals surface area contributed by atoms with Gasteiger partial charge in [-0.1, -0.05) is 11.2 Å². The number of ether oxygens (including phenoxy) is 1. The normalized spacial score (nSPS) is 10.9. The van der Waals surface area contributed by atoms with E-state index in [1.54, 1.807) is 0 Å². The first kappa shape index (κ1) is 12.3. The molecule has 7 heteroatoms. The van der Waals surface area contributed by atoms with Gasteiger partial charge in [-0.15, -0.1) is 0 Å². The molecule has 7 nitrogen and oxygen atoms in total. The summed E-state index contributed by atoms with van der Waals surface area (Å²) in [5, 5.41) is 10.3. The Bertz CT molecular complexity index is 690. The third-order valence-electron chi connectivity index (χ3n) is 2.51. The molecule has 0 radical (unpaired) electrons. The maximum absolute atomic E-state index is 5.64. The fraction of sp³-hybridized carbons (Fsp3) is 0.231. The zero-order valence-corrected chi connectivity index (χ0v) is 11.1. The van der Waals surface area contributed by atoms with Gasteiger partial charge in [-0.25, -0.2) is 4.98 Å². The molecule has 0 atom stereocenters. The molecule has 20 heavy (non-hydrogen) atoms. The van der Waals surface area contributed by atoms with Gasteiger partial charge < -0.3 is 9.26 Å². The van der Waals surface area contributed by atoms with E-state index in [9.17, 15) is 0 Å². The topological polar surface area (TPSA) is 89.7 Å². The molecule has 102 valence electrons. The summed E-state index contributed by atoms with van der Waals surface area (Å²) >= 11 is 0. The van der Waals surface area contributed by atoms with Crippen molar-refractivity contribution in [3.05, 3.63) is 30.6 Å². The number of nitrogens with one attached hydrogen (secondary N) is 1. The second-order valence-corrected chi connectivity index (χ2v) is 4.45. The molecule has 2 heterocycles. The zero-order chi connectivity index (χ0) is 13.9.